The molecule has 0 bridgehead atoms. The van der Waals surface area contributed by atoms with E-state index >= 15 is 0 Å². The van der Waals surface area contributed by atoms with Crippen LogP contribution in [0.15, 0.2) is 53.5 Å². The third-order valence-corrected chi connectivity index (χ3v) is 5.97. The first-order chi connectivity index (χ1) is 10.7. The Morgan fingerprint density at radius 3 is 2.61 bits per heavy atom. The van der Waals surface area contributed by atoms with Crippen LogP contribution in [0.4, 0.5) is 0 Å². The fourth-order valence-corrected chi connectivity index (χ4v) is 4.26. The number of benzene rings is 1. The van der Waals surface area contributed by atoms with Gasteiger partial charge in [-0.25, -0.2) is 8.42 Å². The summed E-state index contributed by atoms with van der Waals surface area (Å²) in [6.07, 6.45) is 5.46. The van der Waals surface area contributed by atoms with Gasteiger partial charge in [-0.1, -0.05) is 42.5 Å². The maximum atomic E-state index is 12.5. The highest BCUT2D eigenvalue weighted by Crippen LogP contribution is 2.32. The van der Waals surface area contributed by atoms with E-state index in [2.05, 4.69) is 0 Å². The molecule has 0 aromatic heterocycles. The average molecular weight is 354 g/mol. The predicted molar refractivity (Wildman–Crippen MR) is 92.8 cm³/mol. The Morgan fingerprint density at radius 2 is 2.00 bits per heavy atom. The molecular weight excluding hydrogens is 334 g/mol. The first-order valence-corrected chi connectivity index (χ1v) is 9.28. The molecule has 124 valence electrons. The number of rotatable bonds is 6. The molecule has 0 heterocycles. The number of sulfone groups is 1. The number of aryl methyl sites for hydroxylation is 1. The average Bonchev–Trinajstić information content (AvgIpc) is 2.51. The van der Waals surface area contributed by atoms with E-state index in [0.29, 0.717) is 6.42 Å². The van der Waals surface area contributed by atoms with Crippen LogP contribution in [0.5, 0.6) is 0 Å². The number of carbonyl (C=O) groups is 1. The summed E-state index contributed by atoms with van der Waals surface area (Å²) in [5.74, 6) is -0.486. The summed E-state index contributed by atoms with van der Waals surface area (Å²) in [7, 11) is -3.88. The molecule has 2 unspecified atom stereocenters. The Kier molecular flexibility index (Phi) is 5.45. The molecule has 0 aliphatic heterocycles. The van der Waals surface area contributed by atoms with Gasteiger partial charge in [0.25, 0.3) is 0 Å². The van der Waals surface area contributed by atoms with Crippen molar-refractivity contribution < 1.29 is 13.2 Å². The molecule has 0 radical (unpaired) electrons. The van der Waals surface area contributed by atoms with E-state index in [1.54, 1.807) is 19.1 Å². The first-order valence-electron chi connectivity index (χ1n) is 7.36. The van der Waals surface area contributed by atoms with Crippen molar-refractivity contribution in [3.05, 3.63) is 59.0 Å². The molecule has 2 rings (SSSR count). The van der Waals surface area contributed by atoms with Crippen LogP contribution in [-0.4, -0.2) is 24.4 Å². The molecule has 0 amide bonds. The zero-order valence-electron chi connectivity index (χ0n) is 12.9. The third kappa shape index (κ3) is 4.53. The highest BCUT2D eigenvalue weighted by atomic mass is 35.5. The van der Waals surface area contributed by atoms with E-state index in [0.717, 1.165) is 5.56 Å². The van der Waals surface area contributed by atoms with Gasteiger partial charge in [-0.2, -0.15) is 0 Å². The minimum atomic E-state index is -3.88. The Hall–Kier alpha value is -1.43. The summed E-state index contributed by atoms with van der Waals surface area (Å²) in [4.78, 5) is 11.5. The van der Waals surface area contributed by atoms with Gasteiger partial charge in [-0.15, -0.1) is 11.6 Å². The maximum Gasteiger partial charge on any atom is 0.197 e. The summed E-state index contributed by atoms with van der Waals surface area (Å²) >= 11 is 6.18. The summed E-state index contributed by atoms with van der Waals surface area (Å²) in [5.41, 5.74) is 6.70. The van der Waals surface area contributed by atoms with Crippen LogP contribution in [0.2, 0.25) is 0 Å². The van der Waals surface area contributed by atoms with E-state index in [4.69, 9.17) is 17.3 Å². The number of hydrogen-bond donors (Lipinski definition) is 1. The summed E-state index contributed by atoms with van der Waals surface area (Å²) < 4.78 is 25.0. The summed E-state index contributed by atoms with van der Waals surface area (Å²) in [6.45, 7) is 1.72. The number of ketones is 1. The largest absolute Gasteiger partial charge is 0.309 e. The molecule has 1 aliphatic carbocycles. The molecule has 0 fully saturated rings. The molecule has 1 aliphatic rings. The molecule has 2 atom stereocenters. The quantitative estimate of drug-likeness (QED) is 0.798. The highest BCUT2D eigenvalue weighted by molar-refractivity contribution is 7.96. The maximum absolute atomic E-state index is 12.5. The molecule has 0 saturated heterocycles. The van der Waals surface area contributed by atoms with Crippen molar-refractivity contribution in [2.45, 2.75) is 36.4 Å². The number of nitrogens with two attached hydrogens (primary N) is 1. The molecule has 6 heteroatoms. The van der Waals surface area contributed by atoms with Crippen LogP contribution >= 0.6 is 11.6 Å². The second-order valence-electron chi connectivity index (χ2n) is 5.86. The molecule has 1 aromatic rings. The lowest BCUT2D eigenvalue weighted by molar-refractivity contribution is -0.118. The van der Waals surface area contributed by atoms with E-state index in [1.165, 1.54) is 6.08 Å². The van der Waals surface area contributed by atoms with Crippen molar-refractivity contribution in [2.24, 2.45) is 5.73 Å². The number of Topliss-reactive ketones (excluding diaryl/α,β-unsaturated/α-hetero) is 1. The molecule has 4 nitrogen and oxygen atoms in total. The minimum Gasteiger partial charge on any atom is -0.309 e. The lowest BCUT2D eigenvalue weighted by Crippen LogP contribution is -2.40. The van der Waals surface area contributed by atoms with Crippen molar-refractivity contribution in [2.75, 3.05) is 0 Å². The van der Waals surface area contributed by atoms with Gasteiger partial charge in [0.1, 0.15) is 0 Å². The predicted octanol–water partition coefficient (Wildman–Crippen LogP) is 2.73. The first kappa shape index (κ1) is 17.9. The highest BCUT2D eigenvalue weighted by Gasteiger charge is 2.35. The van der Waals surface area contributed by atoms with Crippen molar-refractivity contribution in [1.29, 1.82) is 0 Å². The van der Waals surface area contributed by atoms with Gasteiger partial charge in [0, 0.05) is 17.7 Å². The van der Waals surface area contributed by atoms with Crippen LogP contribution in [0.1, 0.15) is 25.3 Å². The van der Waals surface area contributed by atoms with Gasteiger partial charge < -0.3 is 5.73 Å². The standard InChI is InChI=1S/C17H20ClNO3S/c1-17(18)11-5-8-14(12-17)23(21,22)16(19)15(20)10-9-13-6-3-2-4-7-13/h2-8,11,16H,9-10,12,19H2,1H3. The Balaban J connectivity index is 2.06. The van der Waals surface area contributed by atoms with Gasteiger partial charge in [-0.3, -0.25) is 4.79 Å². The second-order valence-corrected chi connectivity index (χ2v) is 8.85. The summed E-state index contributed by atoms with van der Waals surface area (Å²) in [5, 5.41) is -1.54. The van der Waals surface area contributed by atoms with Crippen LogP contribution in [-0.2, 0) is 21.1 Å². The van der Waals surface area contributed by atoms with Crippen molar-refractivity contribution >= 4 is 27.2 Å². The topological polar surface area (TPSA) is 77.2 Å². The van der Waals surface area contributed by atoms with Gasteiger partial charge in [0.05, 0.1) is 4.87 Å². The number of carbonyl (C=O) groups excluding carboxylic acids is 1. The van der Waals surface area contributed by atoms with Crippen LogP contribution in [0.25, 0.3) is 0 Å². The number of alkyl halides is 1. The Bertz CT molecular complexity index is 736. The van der Waals surface area contributed by atoms with Crippen molar-refractivity contribution in [1.82, 2.24) is 0 Å². The third-order valence-electron chi connectivity index (χ3n) is 3.77. The van der Waals surface area contributed by atoms with E-state index in [-0.39, 0.29) is 17.7 Å². The molecule has 2 N–H and O–H groups in total. The lowest BCUT2D eigenvalue weighted by Gasteiger charge is -2.24. The lowest BCUT2D eigenvalue weighted by atomic mass is 10.0. The van der Waals surface area contributed by atoms with Crippen molar-refractivity contribution in [3.8, 4) is 0 Å². The van der Waals surface area contributed by atoms with Gasteiger partial charge in [0.2, 0.25) is 0 Å². The molecular formula is C17H20ClNO3S. The zero-order valence-corrected chi connectivity index (χ0v) is 14.5. The fourth-order valence-electron chi connectivity index (χ4n) is 2.40. The molecule has 1 aromatic carbocycles. The normalized spacial score (nSPS) is 22.5. The van der Waals surface area contributed by atoms with Gasteiger partial charge in [-0.05, 0) is 25.0 Å². The second kappa shape index (κ2) is 6.99. The molecule has 0 spiro atoms. The van der Waals surface area contributed by atoms with E-state index in [9.17, 15) is 13.2 Å². The SMILES string of the molecule is CC1(Cl)C=CC=C(S(=O)(=O)C(N)C(=O)CCc2ccccc2)C1. The van der Waals surface area contributed by atoms with Gasteiger partial charge in [0.15, 0.2) is 21.0 Å². The minimum absolute atomic E-state index is 0.0890. The zero-order chi connectivity index (χ0) is 17.1. The monoisotopic (exact) mass is 353 g/mol. The Labute approximate surface area is 141 Å². The number of halogens is 1. The van der Waals surface area contributed by atoms with Crippen LogP contribution in [0, 0.1) is 0 Å². The smallest absolute Gasteiger partial charge is 0.197 e. The van der Waals surface area contributed by atoms with Crippen LogP contribution < -0.4 is 5.73 Å². The number of allylic oxidation sites excluding steroid dienone is 4. The number of hydrogen-bond acceptors (Lipinski definition) is 4. The van der Waals surface area contributed by atoms with Crippen LogP contribution in [0.3, 0.4) is 0 Å². The van der Waals surface area contributed by atoms with E-state index < -0.39 is 25.9 Å². The fraction of sp³-hybridized carbons (Fsp3) is 0.353. The molecule has 23 heavy (non-hydrogen) atoms. The van der Waals surface area contributed by atoms with Gasteiger partial charge >= 0.3 is 0 Å². The Morgan fingerprint density at radius 1 is 1.35 bits per heavy atom. The summed E-state index contributed by atoms with van der Waals surface area (Å²) in [6, 6.07) is 9.41. The van der Waals surface area contributed by atoms with Crippen molar-refractivity contribution in [3.63, 3.8) is 0 Å². The van der Waals surface area contributed by atoms with E-state index in [1.807, 2.05) is 30.3 Å². The molecule has 0 saturated carbocycles.